The molecule has 1 amide bonds. The average molecular weight is 237 g/mol. The number of hydrogen-bond acceptors (Lipinski definition) is 4. The van der Waals surface area contributed by atoms with E-state index in [2.05, 4.69) is 10.5 Å². The average Bonchev–Trinajstić information content (AvgIpc) is 2.99. The summed E-state index contributed by atoms with van der Waals surface area (Å²) in [5.74, 6) is 0.0879. The van der Waals surface area contributed by atoms with E-state index in [0.29, 0.717) is 12.1 Å². The van der Waals surface area contributed by atoms with Gasteiger partial charge in [-0.15, -0.1) is 0 Å². The maximum Gasteiger partial charge on any atom is 0.271 e. The Labute approximate surface area is 101 Å². The first kappa shape index (κ1) is 11.0. The van der Waals surface area contributed by atoms with Crippen LogP contribution in [0.4, 0.5) is 0 Å². The summed E-state index contributed by atoms with van der Waals surface area (Å²) >= 11 is 0. The van der Waals surface area contributed by atoms with Crippen LogP contribution in [0, 0.1) is 0 Å². The molecule has 1 N–H and O–H groups in total. The number of piperidine rings is 1. The van der Waals surface area contributed by atoms with E-state index in [1.165, 1.54) is 0 Å². The highest BCUT2D eigenvalue weighted by molar-refractivity contribution is 6.39. The first-order valence-electron chi connectivity index (χ1n) is 6.54. The van der Waals surface area contributed by atoms with Gasteiger partial charge in [-0.1, -0.05) is 5.16 Å². The number of oxime groups is 1. The predicted molar refractivity (Wildman–Crippen MR) is 63.8 cm³/mol. The highest BCUT2D eigenvalue weighted by atomic mass is 16.7. The minimum absolute atomic E-state index is 0.0879. The van der Waals surface area contributed by atoms with Gasteiger partial charge in [-0.3, -0.25) is 4.79 Å². The Morgan fingerprint density at radius 1 is 1.35 bits per heavy atom. The molecule has 1 spiro atoms. The topological polar surface area (TPSA) is 53.9 Å². The van der Waals surface area contributed by atoms with Crippen LogP contribution in [0.3, 0.4) is 0 Å². The standard InChI is InChI=1S/C12H19N3O2/c16-11(15-6-1-2-7-15)10-8-12(17-14-10)4-3-5-13-9-12/h13H,1-9H2/t12-/m1/s1. The largest absolute Gasteiger partial charge is 0.387 e. The Morgan fingerprint density at radius 2 is 2.18 bits per heavy atom. The zero-order valence-corrected chi connectivity index (χ0v) is 10.1. The maximum absolute atomic E-state index is 12.2. The van der Waals surface area contributed by atoms with Gasteiger partial charge in [0, 0.05) is 26.1 Å². The maximum atomic E-state index is 12.2. The molecule has 94 valence electrons. The molecule has 0 aliphatic carbocycles. The van der Waals surface area contributed by atoms with Crippen molar-refractivity contribution in [2.45, 2.75) is 37.7 Å². The lowest BCUT2D eigenvalue weighted by molar-refractivity contribution is -0.123. The lowest BCUT2D eigenvalue weighted by Crippen LogP contribution is -2.46. The molecule has 17 heavy (non-hydrogen) atoms. The molecule has 0 aromatic carbocycles. The van der Waals surface area contributed by atoms with Gasteiger partial charge in [0.15, 0.2) is 5.60 Å². The fourth-order valence-corrected chi connectivity index (χ4v) is 2.91. The zero-order chi connectivity index (χ0) is 11.7. The van der Waals surface area contributed by atoms with Crippen LogP contribution in [0.25, 0.3) is 0 Å². The van der Waals surface area contributed by atoms with Gasteiger partial charge < -0.3 is 15.1 Å². The van der Waals surface area contributed by atoms with Crippen molar-refractivity contribution in [3.63, 3.8) is 0 Å². The summed E-state index contributed by atoms with van der Waals surface area (Å²) in [4.78, 5) is 19.6. The molecule has 0 aromatic rings. The molecule has 3 rings (SSSR count). The highest BCUT2D eigenvalue weighted by Crippen LogP contribution is 2.31. The highest BCUT2D eigenvalue weighted by Gasteiger charge is 2.43. The van der Waals surface area contributed by atoms with E-state index < -0.39 is 0 Å². The fourth-order valence-electron chi connectivity index (χ4n) is 2.91. The Morgan fingerprint density at radius 3 is 2.88 bits per heavy atom. The van der Waals surface area contributed by atoms with Crippen molar-refractivity contribution in [2.24, 2.45) is 5.16 Å². The first-order chi connectivity index (χ1) is 8.29. The van der Waals surface area contributed by atoms with Crippen LogP contribution in [0.5, 0.6) is 0 Å². The molecule has 0 radical (unpaired) electrons. The molecule has 3 aliphatic rings. The molecule has 0 saturated carbocycles. The van der Waals surface area contributed by atoms with Crippen molar-refractivity contribution in [3.05, 3.63) is 0 Å². The van der Waals surface area contributed by atoms with Crippen molar-refractivity contribution >= 4 is 11.6 Å². The van der Waals surface area contributed by atoms with E-state index in [0.717, 1.165) is 51.9 Å². The number of nitrogens with zero attached hydrogens (tertiary/aromatic N) is 2. The van der Waals surface area contributed by atoms with Gasteiger partial charge in [-0.2, -0.15) is 0 Å². The third-order valence-electron chi connectivity index (χ3n) is 3.91. The van der Waals surface area contributed by atoms with E-state index in [1.54, 1.807) is 0 Å². The van der Waals surface area contributed by atoms with E-state index in [4.69, 9.17) is 4.84 Å². The lowest BCUT2D eigenvalue weighted by atomic mass is 9.89. The Hall–Kier alpha value is -1.10. The summed E-state index contributed by atoms with van der Waals surface area (Å²) in [5.41, 5.74) is 0.388. The van der Waals surface area contributed by atoms with Gasteiger partial charge >= 0.3 is 0 Å². The third-order valence-corrected chi connectivity index (χ3v) is 3.91. The van der Waals surface area contributed by atoms with Crippen LogP contribution >= 0.6 is 0 Å². The van der Waals surface area contributed by atoms with E-state index in [-0.39, 0.29) is 11.5 Å². The smallest absolute Gasteiger partial charge is 0.271 e. The molecule has 5 nitrogen and oxygen atoms in total. The molecule has 0 aromatic heterocycles. The van der Waals surface area contributed by atoms with E-state index in [1.807, 2.05) is 4.90 Å². The normalized spacial score (nSPS) is 32.7. The SMILES string of the molecule is O=C(C1=NO[C@]2(CCCNC2)C1)N1CCCC1. The summed E-state index contributed by atoms with van der Waals surface area (Å²) in [5, 5.41) is 7.37. The van der Waals surface area contributed by atoms with Crippen molar-refractivity contribution < 1.29 is 9.63 Å². The second kappa shape index (κ2) is 4.29. The zero-order valence-electron chi connectivity index (χ0n) is 10.1. The van der Waals surface area contributed by atoms with Crippen LogP contribution < -0.4 is 5.32 Å². The molecule has 0 bridgehead atoms. The molecule has 0 unspecified atom stereocenters. The lowest BCUT2D eigenvalue weighted by Gasteiger charge is -2.31. The number of likely N-dealkylation sites (tertiary alicyclic amines) is 1. The van der Waals surface area contributed by atoms with Crippen LogP contribution in [-0.4, -0.2) is 48.3 Å². The van der Waals surface area contributed by atoms with Gasteiger partial charge in [0.1, 0.15) is 5.71 Å². The fraction of sp³-hybridized carbons (Fsp3) is 0.833. The van der Waals surface area contributed by atoms with Gasteiger partial charge in [-0.25, -0.2) is 0 Å². The molecule has 2 saturated heterocycles. The van der Waals surface area contributed by atoms with Crippen LogP contribution in [-0.2, 0) is 9.63 Å². The minimum atomic E-state index is -0.233. The molecular formula is C12H19N3O2. The molecule has 1 atom stereocenters. The number of carbonyl (C=O) groups is 1. The monoisotopic (exact) mass is 237 g/mol. The second-order valence-corrected chi connectivity index (χ2v) is 5.27. The Kier molecular flexibility index (Phi) is 2.78. The second-order valence-electron chi connectivity index (χ2n) is 5.27. The molecule has 3 aliphatic heterocycles. The van der Waals surface area contributed by atoms with Crippen LogP contribution in [0.1, 0.15) is 32.1 Å². The summed E-state index contributed by atoms with van der Waals surface area (Å²) < 4.78 is 0. The number of hydrogen-bond donors (Lipinski definition) is 1. The molecule has 2 fully saturated rings. The Bertz CT molecular complexity index is 342. The minimum Gasteiger partial charge on any atom is -0.387 e. The number of carbonyl (C=O) groups excluding carboxylic acids is 1. The summed E-state index contributed by atoms with van der Waals surface area (Å²) in [6.07, 6.45) is 5.01. The predicted octanol–water partition coefficient (Wildman–Crippen LogP) is 0.507. The van der Waals surface area contributed by atoms with Crippen LogP contribution in [0.2, 0.25) is 0 Å². The quantitative estimate of drug-likeness (QED) is 0.723. The Balaban J connectivity index is 1.64. The number of rotatable bonds is 1. The number of amides is 1. The first-order valence-corrected chi connectivity index (χ1v) is 6.54. The molecule has 3 heterocycles. The van der Waals surface area contributed by atoms with Gasteiger partial charge in [0.25, 0.3) is 5.91 Å². The third kappa shape index (κ3) is 2.04. The molecule has 5 heteroatoms. The van der Waals surface area contributed by atoms with Crippen molar-refractivity contribution in [1.82, 2.24) is 10.2 Å². The van der Waals surface area contributed by atoms with E-state index in [9.17, 15) is 4.79 Å². The van der Waals surface area contributed by atoms with E-state index >= 15 is 0 Å². The number of nitrogens with one attached hydrogen (secondary N) is 1. The van der Waals surface area contributed by atoms with Crippen molar-refractivity contribution in [1.29, 1.82) is 0 Å². The summed E-state index contributed by atoms with van der Waals surface area (Å²) in [7, 11) is 0. The van der Waals surface area contributed by atoms with Gasteiger partial charge in [-0.05, 0) is 32.2 Å². The van der Waals surface area contributed by atoms with Gasteiger partial charge in [0.05, 0.1) is 0 Å². The van der Waals surface area contributed by atoms with Crippen molar-refractivity contribution in [2.75, 3.05) is 26.2 Å². The molecular weight excluding hydrogens is 218 g/mol. The van der Waals surface area contributed by atoms with Crippen LogP contribution in [0.15, 0.2) is 5.16 Å². The summed E-state index contributed by atoms with van der Waals surface area (Å²) in [6.45, 7) is 3.61. The summed E-state index contributed by atoms with van der Waals surface area (Å²) in [6, 6.07) is 0. The van der Waals surface area contributed by atoms with Gasteiger partial charge in [0.2, 0.25) is 0 Å². The van der Waals surface area contributed by atoms with Crippen molar-refractivity contribution in [3.8, 4) is 0 Å².